The Hall–Kier alpha value is -3.67. The van der Waals surface area contributed by atoms with Crippen LogP contribution in [0.4, 0.5) is 11.4 Å². The molecule has 0 atom stereocenters. The van der Waals surface area contributed by atoms with Crippen molar-refractivity contribution in [2.24, 2.45) is 0 Å². The minimum atomic E-state index is -4.66. The molecular formula is C20H22N2O9S. The molecule has 11 nitrogen and oxygen atoms in total. The minimum absolute atomic E-state index is 0.160. The van der Waals surface area contributed by atoms with Gasteiger partial charge in [0.05, 0.1) is 30.3 Å². The van der Waals surface area contributed by atoms with E-state index in [0.29, 0.717) is 0 Å². The largest absolute Gasteiger partial charge is 0.507 e. The second-order valence-electron chi connectivity index (χ2n) is 6.44. The summed E-state index contributed by atoms with van der Waals surface area (Å²) >= 11 is 0. The van der Waals surface area contributed by atoms with Gasteiger partial charge >= 0.3 is 11.9 Å². The van der Waals surface area contributed by atoms with E-state index in [9.17, 15) is 33.2 Å². The Morgan fingerprint density at radius 2 is 1.53 bits per heavy atom. The van der Waals surface area contributed by atoms with Crippen molar-refractivity contribution < 1.29 is 37.5 Å². The molecule has 0 radical (unpaired) electrons. The Labute approximate surface area is 184 Å². The zero-order valence-electron chi connectivity index (χ0n) is 17.8. The van der Waals surface area contributed by atoms with Crippen LogP contribution in [0.15, 0.2) is 40.1 Å². The van der Waals surface area contributed by atoms with Crippen molar-refractivity contribution in [1.82, 2.24) is 0 Å². The fourth-order valence-electron chi connectivity index (χ4n) is 3.12. The van der Waals surface area contributed by atoms with Gasteiger partial charge in [-0.25, -0.2) is 18.0 Å². The lowest BCUT2D eigenvalue weighted by Crippen LogP contribution is -2.26. The lowest BCUT2D eigenvalue weighted by Gasteiger charge is -2.24. The molecule has 0 aromatic heterocycles. The van der Waals surface area contributed by atoms with Gasteiger partial charge in [0.1, 0.15) is 21.2 Å². The Balaban J connectivity index is 2.99. The number of carbonyl (C=O) groups excluding carboxylic acids is 2. The molecule has 2 aromatic carbocycles. The summed E-state index contributed by atoms with van der Waals surface area (Å²) in [5.41, 5.74) is -1.40. The van der Waals surface area contributed by atoms with Crippen LogP contribution < -0.4 is 4.90 Å². The first-order chi connectivity index (χ1) is 15.0. The number of aromatic hydroxyl groups is 1. The van der Waals surface area contributed by atoms with Crippen molar-refractivity contribution in [2.75, 3.05) is 32.2 Å². The molecule has 32 heavy (non-hydrogen) atoms. The number of nitro benzene ring substituents is 1. The highest BCUT2D eigenvalue weighted by atomic mass is 32.2. The van der Waals surface area contributed by atoms with Crippen molar-refractivity contribution >= 4 is 33.2 Å². The Morgan fingerprint density at radius 3 is 2.03 bits per heavy atom. The van der Waals surface area contributed by atoms with Crippen molar-refractivity contribution in [1.29, 1.82) is 0 Å². The molecule has 0 spiro atoms. The first-order valence-corrected chi connectivity index (χ1v) is 10.8. The number of esters is 2. The molecule has 0 aliphatic rings. The molecule has 0 aliphatic heterocycles. The van der Waals surface area contributed by atoms with Gasteiger partial charge in [0.15, 0.2) is 0 Å². The molecule has 0 saturated heterocycles. The fourth-order valence-corrected chi connectivity index (χ4v) is 4.76. The number of phenolic OH excluding ortho intramolecular Hbond substituents is 1. The predicted octanol–water partition coefficient (Wildman–Crippen LogP) is 2.55. The zero-order valence-corrected chi connectivity index (χ0v) is 18.6. The normalized spacial score (nSPS) is 11.0. The maximum atomic E-state index is 13.6. The summed E-state index contributed by atoms with van der Waals surface area (Å²) < 4.78 is 36.4. The van der Waals surface area contributed by atoms with E-state index in [0.717, 1.165) is 38.5 Å². The van der Waals surface area contributed by atoms with Gasteiger partial charge in [0.2, 0.25) is 9.84 Å². The van der Waals surface area contributed by atoms with E-state index >= 15 is 0 Å². The Bertz CT molecular complexity index is 1170. The van der Waals surface area contributed by atoms with Crippen LogP contribution in [-0.4, -0.2) is 57.7 Å². The van der Waals surface area contributed by atoms with E-state index < -0.39 is 47.9 Å². The number of nitro groups is 1. The summed E-state index contributed by atoms with van der Waals surface area (Å²) in [4.78, 5) is 35.2. The van der Waals surface area contributed by atoms with Gasteiger partial charge < -0.3 is 19.5 Å². The molecule has 0 heterocycles. The van der Waals surface area contributed by atoms with E-state index in [4.69, 9.17) is 0 Å². The molecule has 0 fully saturated rings. The van der Waals surface area contributed by atoms with Crippen LogP contribution in [0.5, 0.6) is 5.75 Å². The van der Waals surface area contributed by atoms with Crippen molar-refractivity contribution in [3.63, 3.8) is 0 Å². The number of anilines is 1. The maximum Gasteiger partial charge on any atom is 0.338 e. The van der Waals surface area contributed by atoms with Crippen LogP contribution in [0.25, 0.3) is 0 Å². The van der Waals surface area contributed by atoms with Gasteiger partial charge in [-0.1, -0.05) is 0 Å². The SMILES string of the molecule is CCN(CC)c1c([N+](=O)[O-])cc(C(=O)OC)cc1S(=O)(=O)c1cc(C(=O)OC)ccc1O. The van der Waals surface area contributed by atoms with Crippen LogP contribution in [-0.2, 0) is 19.3 Å². The third-order valence-electron chi connectivity index (χ3n) is 4.71. The highest BCUT2D eigenvalue weighted by molar-refractivity contribution is 7.91. The molecule has 2 rings (SSSR count). The second kappa shape index (κ2) is 9.64. The third kappa shape index (κ3) is 4.49. The van der Waals surface area contributed by atoms with Crippen LogP contribution in [0.2, 0.25) is 0 Å². The number of carbonyl (C=O) groups is 2. The highest BCUT2D eigenvalue weighted by Crippen LogP contribution is 2.41. The number of ether oxygens (including phenoxy) is 2. The van der Waals surface area contributed by atoms with E-state index in [2.05, 4.69) is 9.47 Å². The summed E-state index contributed by atoms with van der Waals surface area (Å²) in [6.07, 6.45) is 0. The van der Waals surface area contributed by atoms with Crippen LogP contribution in [0, 0.1) is 10.1 Å². The minimum Gasteiger partial charge on any atom is -0.507 e. The lowest BCUT2D eigenvalue weighted by atomic mass is 10.1. The third-order valence-corrected chi connectivity index (χ3v) is 6.51. The topological polar surface area (TPSA) is 153 Å². The molecule has 0 amide bonds. The van der Waals surface area contributed by atoms with Crippen molar-refractivity contribution in [3.8, 4) is 5.75 Å². The summed E-state index contributed by atoms with van der Waals surface area (Å²) in [6, 6.07) is 4.95. The lowest BCUT2D eigenvalue weighted by molar-refractivity contribution is -0.384. The number of hydrogen-bond acceptors (Lipinski definition) is 10. The quantitative estimate of drug-likeness (QED) is 0.349. The van der Waals surface area contributed by atoms with Crippen molar-refractivity contribution in [2.45, 2.75) is 23.6 Å². The molecule has 1 N–H and O–H groups in total. The number of rotatable bonds is 8. The molecule has 0 unspecified atom stereocenters. The predicted molar refractivity (Wildman–Crippen MR) is 113 cm³/mol. The Morgan fingerprint density at radius 1 is 1.00 bits per heavy atom. The van der Waals surface area contributed by atoms with Gasteiger partial charge in [-0.2, -0.15) is 0 Å². The number of nitrogens with zero attached hydrogens (tertiary/aromatic N) is 2. The monoisotopic (exact) mass is 466 g/mol. The molecule has 172 valence electrons. The number of phenols is 1. The first-order valence-electron chi connectivity index (χ1n) is 9.35. The average molecular weight is 466 g/mol. The number of benzene rings is 2. The fraction of sp³-hybridized carbons (Fsp3) is 0.300. The van der Waals surface area contributed by atoms with E-state index in [1.807, 2.05) is 0 Å². The van der Waals surface area contributed by atoms with Gasteiger partial charge in [0.25, 0.3) is 5.69 Å². The smallest absolute Gasteiger partial charge is 0.338 e. The molecular weight excluding hydrogens is 444 g/mol. The van der Waals surface area contributed by atoms with Gasteiger partial charge in [-0.05, 0) is 38.1 Å². The van der Waals surface area contributed by atoms with Crippen LogP contribution in [0.1, 0.15) is 34.6 Å². The molecule has 0 saturated carbocycles. The maximum absolute atomic E-state index is 13.6. The zero-order chi connectivity index (χ0) is 24.2. The molecule has 2 aromatic rings. The van der Waals surface area contributed by atoms with Crippen LogP contribution in [0.3, 0.4) is 0 Å². The number of sulfone groups is 1. The van der Waals surface area contributed by atoms with Gasteiger partial charge in [-0.15, -0.1) is 0 Å². The first kappa shape index (κ1) is 24.6. The van der Waals surface area contributed by atoms with E-state index in [1.165, 1.54) is 11.0 Å². The summed E-state index contributed by atoms with van der Waals surface area (Å²) in [5.74, 6) is -2.52. The molecule has 12 heteroatoms. The molecule has 0 bridgehead atoms. The standard InChI is InChI=1S/C20H22N2O9S/c1-5-21(6-2)18-14(22(26)27)9-13(20(25)31-4)11-17(18)32(28,29)16-10-12(19(24)30-3)7-8-15(16)23/h7-11,23H,5-6H2,1-4H3. The van der Waals surface area contributed by atoms with E-state index in [1.54, 1.807) is 13.8 Å². The average Bonchev–Trinajstić information content (AvgIpc) is 2.78. The summed E-state index contributed by atoms with van der Waals surface area (Å²) in [5, 5.41) is 22.1. The second-order valence-corrected chi connectivity index (χ2v) is 8.33. The highest BCUT2D eigenvalue weighted by Gasteiger charge is 2.34. The van der Waals surface area contributed by atoms with Crippen LogP contribution >= 0.6 is 0 Å². The summed E-state index contributed by atoms with van der Waals surface area (Å²) in [6.45, 7) is 3.78. The van der Waals surface area contributed by atoms with E-state index in [-0.39, 0.29) is 29.9 Å². The number of hydrogen-bond donors (Lipinski definition) is 1. The van der Waals surface area contributed by atoms with Gasteiger partial charge in [0, 0.05) is 19.2 Å². The molecule has 0 aliphatic carbocycles. The Kier molecular flexibility index (Phi) is 7.41. The van der Waals surface area contributed by atoms with Crippen molar-refractivity contribution in [3.05, 3.63) is 51.6 Å². The van der Waals surface area contributed by atoms with Gasteiger partial charge in [-0.3, -0.25) is 10.1 Å². The number of methoxy groups -OCH3 is 2. The summed E-state index contributed by atoms with van der Waals surface area (Å²) in [7, 11) is -2.51.